The molecule has 1 fully saturated rings. The van der Waals surface area contributed by atoms with Crippen LogP contribution < -0.4 is 0 Å². The average molecular weight is 336 g/mol. The Morgan fingerprint density at radius 1 is 1.25 bits per heavy atom. The van der Waals surface area contributed by atoms with E-state index in [0.29, 0.717) is 0 Å². The minimum absolute atomic E-state index is 0.0488. The third kappa shape index (κ3) is 3.32. The fraction of sp³-hybridized carbons (Fsp3) is 0.529. The van der Waals surface area contributed by atoms with Crippen LogP contribution in [0.25, 0.3) is 0 Å². The fourth-order valence-electron chi connectivity index (χ4n) is 3.45. The smallest absolute Gasteiger partial charge is 0.137 e. The molecule has 0 saturated carbocycles. The summed E-state index contributed by atoms with van der Waals surface area (Å²) in [6, 6.07) is 2.96. The lowest BCUT2D eigenvalue weighted by Crippen LogP contribution is -2.53. The van der Waals surface area contributed by atoms with Crippen LogP contribution in [-0.4, -0.2) is 43.9 Å². The maximum atomic E-state index is 14.4. The number of aromatic nitrogens is 3. The lowest BCUT2D eigenvalue weighted by atomic mass is 9.84. The van der Waals surface area contributed by atoms with Crippen LogP contribution in [0.5, 0.6) is 0 Å². The second-order valence-electron chi connectivity index (χ2n) is 6.41. The van der Waals surface area contributed by atoms with Gasteiger partial charge in [0.05, 0.1) is 6.54 Å². The van der Waals surface area contributed by atoms with Gasteiger partial charge in [0.25, 0.3) is 0 Å². The molecule has 2 aromatic rings. The molecule has 3 rings (SSSR count). The number of rotatable bonds is 5. The molecular weight excluding hydrogens is 314 g/mol. The molecule has 1 saturated heterocycles. The maximum absolute atomic E-state index is 14.4. The molecule has 0 amide bonds. The van der Waals surface area contributed by atoms with Crippen molar-refractivity contribution in [2.24, 2.45) is 0 Å². The van der Waals surface area contributed by atoms with Gasteiger partial charge in [-0.3, -0.25) is 4.90 Å². The lowest BCUT2D eigenvalue weighted by molar-refractivity contribution is -0.0680. The minimum atomic E-state index is -1.54. The highest BCUT2D eigenvalue weighted by Crippen LogP contribution is 2.33. The maximum Gasteiger partial charge on any atom is 0.137 e. The average Bonchev–Trinajstić information content (AvgIpc) is 3.07. The standard InChI is InChI=1S/C17H22F2N4O/c1-13(22-7-3-2-4-8-22)17(24,10-23-12-20-11-21-23)15-6-5-14(18)9-16(15)19/h5-6,9,11-13,24H,2-4,7-8,10H2,1H3/t13-,17-/m0/s1. The van der Waals surface area contributed by atoms with E-state index in [4.69, 9.17) is 0 Å². The predicted octanol–water partition coefficient (Wildman–Crippen LogP) is 2.32. The number of hydrogen-bond acceptors (Lipinski definition) is 4. The molecule has 1 N–H and O–H groups in total. The van der Waals surface area contributed by atoms with Crippen molar-refractivity contribution in [2.75, 3.05) is 13.1 Å². The predicted molar refractivity (Wildman–Crippen MR) is 85.2 cm³/mol. The van der Waals surface area contributed by atoms with Gasteiger partial charge >= 0.3 is 0 Å². The third-order valence-corrected chi connectivity index (χ3v) is 4.90. The molecule has 2 atom stereocenters. The first-order chi connectivity index (χ1) is 11.5. The molecule has 0 bridgehead atoms. The van der Waals surface area contributed by atoms with Gasteiger partial charge in [0.15, 0.2) is 0 Å². The Kier molecular flexibility index (Phi) is 4.91. The highest BCUT2D eigenvalue weighted by atomic mass is 19.1. The Morgan fingerprint density at radius 2 is 2.00 bits per heavy atom. The highest BCUT2D eigenvalue weighted by Gasteiger charge is 2.42. The summed E-state index contributed by atoms with van der Waals surface area (Å²) in [5.41, 5.74) is -1.46. The number of piperidine rings is 1. The van der Waals surface area contributed by atoms with Crippen molar-refractivity contribution in [1.29, 1.82) is 0 Å². The number of likely N-dealkylation sites (tertiary alicyclic amines) is 1. The third-order valence-electron chi connectivity index (χ3n) is 4.90. The van der Waals surface area contributed by atoms with E-state index in [1.807, 2.05) is 6.92 Å². The molecule has 0 aliphatic carbocycles. The number of hydrogen-bond donors (Lipinski definition) is 1. The molecule has 1 aromatic carbocycles. The lowest BCUT2D eigenvalue weighted by Gasteiger charge is -2.42. The van der Waals surface area contributed by atoms with Gasteiger partial charge in [-0.2, -0.15) is 5.10 Å². The van der Waals surface area contributed by atoms with Gasteiger partial charge in [0, 0.05) is 17.7 Å². The van der Waals surface area contributed by atoms with Crippen molar-refractivity contribution in [3.63, 3.8) is 0 Å². The molecule has 7 heteroatoms. The van der Waals surface area contributed by atoms with E-state index < -0.39 is 17.2 Å². The molecule has 0 unspecified atom stereocenters. The Hall–Kier alpha value is -1.86. The van der Waals surface area contributed by atoms with Crippen molar-refractivity contribution < 1.29 is 13.9 Å². The number of aliphatic hydroxyl groups is 1. The van der Waals surface area contributed by atoms with Crippen LogP contribution in [0.4, 0.5) is 8.78 Å². The highest BCUT2D eigenvalue weighted by molar-refractivity contribution is 5.27. The second-order valence-corrected chi connectivity index (χ2v) is 6.41. The van der Waals surface area contributed by atoms with Gasteiger partial charge in [-0.1, -0.05) is 12.5 Å². The summed E-state index contributed by atoms with van der Waals surface area (Å²) < 4.78 is 29.2. The normalized spacial score (nSPS) is 19.8. The zero-order valence-corrected chi connectivity index (χ0v) is 13.7. The van der Waals surface area contributed by atoms with Crippen LogP contribution in [0.15, 0.2) is 30.9 Å². The molecule has 2 heterocycles. The molecular formula is C17H22F2N4O. The molecule has 1 aliphatic heterocycles. The van der Waals surface area contributed by atoms with Crippen LogP contribution in [0.1, 0.15) is 31.7 Å². The minimum Gasteiger partial charge on any atom is -0.381 e. The second kappa shape index (κ2) is 6.94. The van der Waals surface area contributed by atoms with Crippen molar-refractivity contribution >= 4 is 0 Å². The van der Waals surface area contributed by atoms with Crippen molar-refractivity contribution in [3.05, 3.63) is 48.1 Å². The zero-order valence-electron chi connectivity index (χ0n) is 13.7. The van der Waals surface area contributed by atoms with Crippen molar-refractivity contribution in [1.82, 2.24) is 19.7 Å². The van der Waals surface area contributed by atoms with Crippen LogP contribution >= 0.6 is 0 Å². The summed E-state index contributed by atoms with van der Waals surface area (Å²) in [7, 11) is 0. The van der Waals surface area contributed by atoms with Gasteiger partial charge in [0.1, 0.15) is 29.9 Å². The van der Waals surface area contributed by atoms with Crippen LogP contribution in [-0.2, 0) is 12.1 Å². The first-order valence-corrected chi connectivity index (χ1v) is 8.25. The van der Waals surface area contributed by atoms with Gasteiger partial charge in [-0.25, -0.2) is 18.4 Å². The first kappa shape index (κ1) is 17.0. The van der Waals surface area contributed by atoms with Gasteiger partial charge in [-0.05, 0) is 38.9 Å². The number of benzene rings is 1. The summed E-state index contributed by atoms with van der Waals surface area (Å²) in [6.45, 7) is 3.63. The summed E-state index contributed by atoms with van der Waals surface area (Å²) in [6.07, 6.45) is 6.11. The van der Waals surface area contributed by atoms with Crippen LogP contribution in [0.2, 0.25) is 0 Å². The number of halogens is 2. The molecule has 5 nitrogen and oxygen atoms in total. The summed E-state index contributed by atoms with van der Waals surface area (Å²) in [5, 5.41) is 15.5. The molecule has 24 heavy (non-hydrogen) atoms. The Labute approximate surface area is 139 Å². The SMILES string of the molecule is C[C@H](N1CCCCC1)[C@@](O)(Cn1cncn1)c1ccc(F)cc1F. The zero-order chi connectivity index (χ0) is 17.2. The monoisotopic (exact) mass is 336 g/mol. The topological polar surface area (TPSA) is 54.2 Å². The summed E-state index contributed by atoms with van der Waals surface area (Å²) >= 11 is 0. The van der Waals surface area contributed by atoms with E-state index in [1.165, 1.54) is 29.5 Å². The van der Waals surface area contributed by atoms with Crippen LogP contribution in [0.3, 0.4) is 0 Å². The molecule has 0 radical (unpaired) electrons. The summed E-state index contributed by atoms with van der Waals surface area (Å²) in [5.74, 6) is -1.41. The molecule has 130 valence electrons. The Balaban J connectivity index is 1.98. The van der Waals surface area contributed by atoms with Gasteiger partial charge < -0.3 is 5.11 Å². The molecule has 1 aliphatic rings. The van der Waals surface area contributed by atoms with Crippen molar-refractivity contribution in [3.8, 4) is 0 Å². The Morgan fingerprint density at radius 3 is 2.62 bits per heavy atom. The van der Waals surface area contributed by atoms with E-state index in [0.717, 1.165) is 38.4 Å². The van der Waals surface area contributed by atoms with E-state index in [1.54, 1.807) is 0 Å². The van der Waals surface area contributed by atoms with E-state index in [-0.39, 0.29) is 18.2 Å². The van der Waals surface area contributed by atoms with E-state index in [2.05, 4.69) is 15.0 Å². The van der Waals surface area contributed by atoms with Crippen molar-refractivity contribution in [2.45, 2.75) is 44.4 Å². The fourth-order valence-corrected chi connectivity index (χ4v) is 3.45. The van der Waals surface area contributed by atoms with Gasteiger partial charge in [-0.15, -0.1) is 0 Å². The quantitative estimate of drug-likeness (QED) is 0.910. The van der Waals surface area contributed by atoms with E-state index in [9.17, 15) is 13.9 Å². The number of nitrogens with zero attached hydrogens (tertiary/aromatic N) is 4. The van der Waals surface area contributed by atoms with Gasteiger partial charge in [0.2, 0.25) is 0 Å². The van der Waals surface area contributed by atoms with E-state index >= 15 is 0 Å². The van der Waals surface area contributed by atoms with Crippen LogP contribution in [0, 0.1) is 11.6 Å². The molecule has 1 aromatic heterocycles. The molecule has 0 spiro atoms. The summed E-state index contributed by atoms with van der Waals surface area (Å²) in [4.78, 5) is 6.04. The largest absolute Gasteiger partial charge is 0.381 e. The first-order valence-electron chi connectivity index (χ1n) is 8.25. The Bertz CT molecular complexity index is 673.